The van der Waals surface area contributed by atoms with Crippen LogP contribution in [0.15, 0.2) is 84.2 Å². The highest BCUT2D eigenvalue weighted by Crippen LogP contribution is 2.33. The lowest BCUT2D eigenvalue weighted by Gasteiger charge is -2.08. The second kappa shape index (κ2) is 10.1. The fourth-order valence-corrected chi connectivity index (χ4v) is 4.09. The van der Waals surface area contributed by atoms with Crippen molar-refractivity contribution in [1.29, 1.82) is 0 Å². The van der Waals surface area contributed by atoms with Gasteiger partial charge in [-0.25, -0.2) is 4.98 Å². The molecule has 2 bridgehead atoms. The Morgan fingerprint density at radius 1 is 0.933 bits per heavy atom. The van der Waals surface area contributed by atoms with Gasteiger partial charge in [0.1, 0.15) is 10.8 Å². The molecule has 0 unspecified atom stereocenters. The number of aromatic nitrogens is 1. The van der Waals surface area contributed by atoms with Crippen LogP contribution < -0.4 is 10.1 Å². The number of rotatable bonds is 5. The van der Waals surface area contributed by atoms with Crippen molar-refractivity contribution < 1.29 is 4.74 Å². The number of anilines is 1. The number of nitrogens with zero attached hydrogens (tertiary/aromatic N) is 1. The van der Waals surface area contributed by atoms with E-state index < -0.39 is 0 Å². The van der Waals surface area contributed by atoms with Gasteiger partial charge < -0.3 is 10.1 Å². The van der Waals surface area contributed by atoms with Crippen LogP contribution in [0, 0.1) is 0 Å². The number of fused-ring (bicyclic) bond motifs is 4. The van der Waals surface area contributed by atoms with E-state index in [1.807, 2.05) is 36.4 Å². The Hall–Kier alpha value is -3.11. The van der Waals surface area contributed by atoms with Crippen molar-refractivity contribution in [2.75, 3.05) is 18.5 Å². The first-order valence-corrected chi connectivity index (χ1v) is 11.3. The van der Waals surface area contributed by atoms with Crippen molar-refractivity contribution in [3.8, 4) is 27.6 Å². The number of hydrogen-bond acceptors (Lipinski definition) is 4. The van der Waals surface area contributed by atoms with Gasteiger partial charge in [0, 0.05) is 28.7 Å². The van der Waals surface area contributed by atoms with Crippen molar-refractivity contribution in [3.05, 3.63) is 89.8 Å². The van der Waals surface area contributed by atoms with Crippen LogP contribution >= 0.6 is 11.3 Å². The second-order valence-corrected chi connectivity index (χ2v) is 7.98. The van der Waals surface area contributed by atoms with Crippen molar-refractivity contribution in [3.63, 3.8) is 0 Å². The smallest absolute Gasteiger partial charge is 0.128 e. The van der Waals surface area contributed by atoms with Crippen LogP contribution in [0.4, 0.5) is 5.69 Å². The third kappa shape index (κ3) is 5.08. The molecule has 0 fully saturated rings. The molecular weight excluding hydrogens is 388 g/mol. The number of hydrogen-bond donors (Lipinski definition) is 1. The van der Waals surface area contributed by atoms with Gasteiger partial charge in [0.25, 0.3) is 0 Å². The van der Waals surface area contributed by atoms with Gasteiger partial charge in [-0.05, 0) is 42.7 Å². The van der Waals surface area contributed by atoms with Crippen LogP contribution in [0.25, 0.3) is 21.8 Å². The first-order valence-electron chi connectivity index (χ1n) is 10.4. The lowest BCUT2D eigenvalue weighted by molar-refractivity contribution is 0.318. The SMILES string of the molecule is CCCOc1ccccc1-c1csc(-c2ccccc2)n1.c1cc2ccc1CCN2. The van der Waals surface area contributed by atoms with E-state index in [0.29, 0.717) is 0 Å². The van der Waals surface area contributed by atoms with Crippen molar-refractivity contribution in [2.45, 2.75) is 19.8 Å². The third-order valence-corrected chi connectivity index (χ3v) is 5.74. The summed E-state index contributed by atoms with van der Waals surface area (Å²) in [5.41, 5.74) is 5.87. The molecule has 3 aromatic carbocycles. The molecule has 2 aliphatic rings. The highest BCUT2D eigenvalue weighted by atomic mass is 32.1. The van der Waals surface area contributed by atoms with Crippen LogP contribution in [0.5, 0.6) is 5.75 Å². The maximum Gasteiger partial charge on any atom is 0.128 e. The molecule has 3 heterocycles. The molecule has 30 heavy (non-hydrogen) atoms. The Balaban J connectivity index is 0.000000200. The molecule has 4 heteroatoms. The lowest BCUT2D eigenvalue weighted by atomic mass is 10.1. The number of ether oxygens (including phenoxy) is 1. The first kappa shape index (κ1) is 20.2. The number of thiazole rings is 1. The molecule has 1 N–H and O–H groups in total. The zero-order chi connectivity index (χ0) is 20.6. The van der Waals surface area contributed by atoms with Gasteiger partial charge in [-0.15, -0.1) is 11.3 Å². The third-order valence-electron chi connectivity index (χ3n) is 4.85. The van der Waals surface area contributed by atoms with E-state index in [0.717, 1.165) is 53.6 Å². The molecule has 152 valence electrons. The van der Waals surface area contributed by atoms with Crippen LogP contribution in [0.1, 0.15) is 18.9 Å². The highest BCUT2D eigenvalue weighted by molar-refractivity contribution is 7.13. The van der Waals surface area contributed by atoms with E-state index in [4.69, 9.17) is 9.72 Å². The molecule has 6 rings (SSSR count). The lowest BCUT2D eigenvalue weighted by Crippen LogP contribution is -1.99. The van der Waals surface area contributed by atoms with Crippen LogP contribution in [0.2, 0.25) is 0 Å². The highest BCUT2D eigenvalue weighted by Gasteiger charge is 2.10. The van der Waals surface area contributed by atoms with Crippen molar-refractivity contribution in [1.82, 2.24) is 4.98 Å². The van der Waals surface area contributed by atoms with Gasteiger partial charge in [0.05, 0.1) is 12.3 Å². The number of para-hydroxylation sites is 1. The summed E-state index contributed by atoms with van der Waals surface area (Å²) in [7, 11) is 0. The van der Waals surface area contributed by atoms with Crippen LogP contribution in [-0.2, 0) is 6.42 Å². The minimum Gasteiger partial charge on any atom is -0.493 e. The molecule has 0 saturated heterocycles. The molecule has 3 nitrogen and oxygen atoms in total. The standard InChI is InChI=1S/C18H17NOS.C8H9N/c1-2-12-20-17-11-7-6-10-15(17)16-13-21-18(19-16)14-8-4-3-5-9-14;1-3-8-4-2-7(1)5-6-9-8/h3-11,13H,2,12H2,1H3;1-4,9H,5-6H2. The van der Waals surface area contributed by atoms with Crippen LogP contribution in [-0.4, -0.2) is 18.1 Å². The Bertz CT molecular complexity index is 1030. The molecule has 0 radical (unpaired) electrons. The Morgan fingerprint density at radius 2 is 1.70 bits per heavy atom. The fraction of sp³-hybridized carbons (Fsp3) is 0.192. The van der Waals surface area contributed by atoms with E-state index in [-0.39, 0.29) is 0 Å². The zero-order valence-electron chi connectivity index (χ0n) is 17.2. The molecule has 0 aliphatic carbocycles. The Morgan fingerprint density at radius 3 is 2.50 bits per heavy atom. The molecule has 0 amide bonds. The van der Waals surface area contributed by atoms with Gasteiger partial charge in [0.2, 0.25) is 0 Å². The Kier molecular flexibility index (Phi) is 6.78. The summed E-state index contributed by atoms with van der Waals surface area (Å²) >= 11 is 1.66. The van der Waals surface area contributed by atoms with E-state index in [9.17, 15) is 0 Å². The van der Waals surface area contributed by atoms with Gasteiger partial charge in [-0.3, -0.25) is 0 Å². The van der Waals surface area contributed by atoms with Crippen molar-refractivity contribution >= 4 is 17.0 Å². The summed E-state index contributed by atoms with van der Waals surface area (Å²) < 4.78 is 5.82. The fourth-order valence-electron chi connectivity index (χ4n) is 3.27. The zero-order valence-corrected chi connectivity index (χ0v) is 18.0. The van der Waals surface area contributed by atoms with Crippen LogP contribution in [0.3, 0.4) is 0 Å². The molecule has 0 spiro atoms. The predicted octanol–water partition coefficient (Wildman–Crippen LogP) is 6.92. The molecule has 0 atom stereocenters. The average Bonchev–Trinajstić information content (AvgIpc) is 3.06. The minimum atomic E-state index is 0.729. The van der Waals surface area contributed by atoms with Crippen molar-refractivity contribution in [2.24, 2.45) is 0 Å². The first-order chi connectivity index (χ1) is 14.8. The van der Waals surface area contributed by atoms with Gasteiger partial charge in [-0.2, -0.15) is 0 Å². The quantitative estimate of drug-likeness (QED) is 0.385. The largest absolute Gasteiger partial charge is 0.493 e. The average molecular weight is 415 g/mol. The monoisotopic (exact) mass is 414 g/mol. The number of nitrogens with one attached hydrogen (secondary N) is 1. The number of benzene rings is 3. The topological polar surface area (TPSA) is 34.1 Å². The summed E-state index contributed by atoms with van der Waals surface area (Å²) in [5.74, 6) is 0.907. The summed E-state index contributed by atoms with van der Waals surface area (Å²) in [6, 6.07) is 27.0. The maximum atomic E-state index is 5.82. The molecule has 2 aliphatic heterocycles. The summed E-state index contributed by atoms with van der Waals surface area (Å²) in [4.78, 5) is 4.76. The second-order valence-electron chi connectivity index (χ2n) is 7.12. The predicted molar refractivity (Wildman–Crippen MR) is 127 cm³/mol. The van der Waals surface area contributed by atoms with Gasteiger partial charge in [-0.1, -0.05) is 61.5 Å². The van der Waals surface area contributed by atoms with E-state index >= 15 is 0 Å². The molecule has 4 aromatic rings. The van der Waals surface area contributed by atoms with E-state index in [1.54, 1.807) is 11.3 Å². The van der Waals surface area contributed by atoms with Gasteiger partial charge in [0.15, 0.2) is 0 Å². The summed E-state index contributed by atoms with van der Waals surface area (Å²) in [6.07, 6.45) is 2.16. The maximum absolute atomic E-state index is 5.82. The summed E-state index contributed by atoms with van der Waals surface area (Å²) in [6.45, 7) is 3.93. The van der Waals surface area contributed by atoms with E-state index in [2.05, 4.69) is 60.1 Å². The minimum absolute atomic E-state index is 0.729. The molecule has 1 aromatic heterocycles. The normalized spacial score (nSPS) is 11.8. The van der Waals surface area contributed by atoms with E-state index in [1.165, 1.54) is 11.3 Å². The van der Waals surface area contributed by atoms with Gasteiger partial charge >= 0.3 is 0 Å². The molecular formula is C26H26N2OS. The Labute approximate surface area is 182 Å². The summed E-state index contributed by atoms with van der Waals surface area (Å²) in [5, 5.41) is 6.43. The molecule has 0 saturated carbocycles.